The number of para-hydroxylation sites is 1. The third-order valence-electron chi connectivity index (χ3n) is 4.30. The summed E-state index contributed by atoms with van der Waals surface area (Å²) < 4.78 is 7.13. The lowest BCUT2D eigenvalue weighted by Crippen LogP contribution is -2.29. The smallest absolute Gasteiger partial charge is 0.273 e. The van der Waals surface area contributed by atoms with Crippen molar-refractivity contribution in [2.45, 2.75) is 25.3 Å². The molecule has 128 valence electrons. The topological polar surface area (TPSA) is 81.1 Å². The molecule has 24 heavy (non-hydrogen) atoms. The molecule has 0 saturated carbocycles. The second-order valence-electron chi connectivity index (χ2n) is 5.88. The summed E-state index contributed by atoms with van der Waals surface area (Å²) in [7, 11) is 1.65. The molecule has 1 aliphatic rings. The molecule has 2 aromatic rings. The first-order chi connectivity index (χ1) is 11.8. The molecule has 2 heterocycles. The Bertz CT molecular complexity index is 679. The maximum atomic E-state index is 12.2. The zero-order valence-corrected chi connectivity index (χ0v) is 13.9. The molecule has 0 radical (unpaired) electrons. The minimum atomic E-state index is -0.190. The SMILES string of the molecule is COc1ccccc1CCNC(=O)c1cn(C2CCNCC2)nn1. The summed E-state index contributed by atoms with van der Waals surface area (Å²) in [5.41, 5.74) is 1.44. The summed E-state index contributed by atoms with van der Waals surface area (Å²) >= 11 is 0. The fourth-order valence-electron chi connectivity index (χ4n) is 2.94. The van der Waals surface area contributed by atoms with Crippen LogP contribution >= 0.6 is 0 Å². The Kier molecular flexibility index (Phi) is 5.43. The van der Waals surface area contributed by atoms with E-state index in [9.17, 15) is 4.79 Å². The number of nitrogens with one attached hydrogen (secondary N) is 2. The fourth-order valence-corrected chi connectivity index (χ4v) is 2.94. The number of carbonyl (C=O) groups excluding carboxylic acids is 1. The number of benzene rings is 1. The molecule has 1 aromatic heterocycles. The lowest BCUT2D eigenvalue weighted by molar-refractivity contribution is 0.0949. The number of hydrogen-bond acceptors (Lipinski definition) is 5. The van der Waals surface area contributed by atoms with Crippen molar-refractivity contribution in [2.75, 3.05) is 26.7 Å². The van der Waals surface area contributed by atoms with E-state index in [2.05, 4.69) is 20.9 Å². The van der Waals surface area contributed by atoms with Gasteiger partial charge in [-0.05, 0) is 44.0 Å². The lowest BCUT2D eigenvalue weighted by Gasteiger charge is -2.22. The molecule has 0 spiro atoms. The highest BCUT2D eigenvalue weighted by Gasteiger charge is 2.18. The Morgan fingerprint density at radius 2 is 2.17 bits per heavy atom. The highest BCUT2D eigenvalue weighted by Crippen LogP contribution is 2.18. The van der Waals surface area contributed by atoms with Crippen LogP contribution in [0.15, 0.2) is 30.5 Å². The molecule has 7 heteroatoms. The van der Waals surface area contributed by atoms with Crippen molar-refractivity contribution < 1.29 is 9.53 Å². The zero-order valence-electron chi connectivity index (χ0n) is 13.9. The largest absolute Gasteiger partial charge is 0.496 e. The first kappa shape index (κ1) is 16.4. The summed E-state index contributed by atoms with van der Waals surface area (Å²) in [4.78, 5) is 12.2. The number of hydrogen-bond donors (Lipinski definition) is 2. The van der Waals surface area contributed by atoms with Gasteiger partial charge in [-0.15, -0.1) is 5.10 Å². The third-order valence-corrected chi connectivity index (χ3v) is 4.30. The molecule has 1 saturated heterocycles. The van der Waals surface area contributed by atoms with Crippen molar-refractivity contribution in [3.8, 4) is 5.75 Å². The number of nitrogens with zero attached hydrogens (tertiary/aromatic N) is 3. The molecule has 7 nitrogen and oxygen atoms in total. The van der Waals surface area contributed by atoms with Gasteiger partial charge in [0.1, 0.15) is 5.75 Å². The molecular weight excluding hydrogens is 306 g/mol. The molecule has 1 aliphatic heterocycles. The quantitative estimate of drug-likeness (QED) is 0.832. The summed E-state index contributed by atoms with van der Waals surface area (Å²) in [6.45, 7) is 2.48. The molecule has 3 rings (SSSR count). The van der Waals surface area contributed by atoms with Crippen LogP contribution in [0.2, 0.25) is 0 Å². The number of rotatable bonds is 6. The van der Waals surface area contributed by atoms with Crippen LogP contribution < -0.4 is 15.4 Å². The summed E-state index contributed by atoms with van der Waals surface area (Å²) in [5.74, 6) is 0.647. The molecule has 0 bridgehead atoms. The molecule has 1 fully saturated rings. The van der Waals surface area contributed by atoms with Crippen molar-refractivity contribution in [3.05, 3.63) is 41.7 Å². The van der Waals surface area contributed by atoms with Crippen LogP contribution in [0.1, 0.15) is 34.9 Å². The Balaban J connectivity index is 1.52. The first-order valence-electron chi connectivity index (χ1n) is 8.30. The van der Waals surface area contributed by atoms with Gasteiger partial charge < -0.3 is 15.4 Å². The van der Waals surface area contributed by atoms with Gasteiger partial charge in [0.15, 0.2) is 5.69 Å². The van der Waals surface area contributed by atoms with E-state index in [1.165, 1.54) is 0 Å². The molecule has 1 amide bonds. The zero-order chi connectivity index (χ0) is 16.8. The predicted molar refractivity (Wildman–Crippen MR) is 90.2 cm³/mol. The van der Waals surface area contributed by atoms with Crippen LogP contribution in [0.3, 0.4) is 0 Å². The van der Waals surface area contributed by atoms with Crippen LogP contribution in [-0.2, 0) is 6.42 Å². The third kappa shape index (κ3) is 3.91. The van der Waals surface area contributed by atoms with E-state index >= 15 is 0 Å². The molecule has 2 N–H and O–H groups in total. The van der Waals surface area contributed by atoms with Gasteiger partial charge in [0, 0.05) is 6.54 Å². The monoisotopic (exact) mass is 329 g/mol. The van der Waals surface area contributed by atoms with Crippen molar-refractivity contribution >= 4 is 5.91 Å². The molecule has 0 aliphatic carbocycles. The van der Waals surface area contributed by atoms with Gasteiger partial charge in [0.2, 0.25) is 0 Å². The summed E-state index contributed by atoms with van der Waals surface area (Å²) in [6.07, 6.45) is 4.48. The minimum absolute atomic E-state index is 0.190. The van der Waals surface area contributed by atoms with E-state index < -0.39 is 0 Å². The van der Waals surface area contributed by atoms with Gasteiger partial charge in [0.25, 0.3) is 5.91 Å². The van der Waals surface area contributed by atoms with Crippen LogP contribution in [0.4, 0.5) is 0 Å². The standard InChI is InChI=1S/C17H23N5O2/c1-24-16-5-3-2-4-13(16)6-11-19-17(23)15-12-22(21-20-15)14-7-9-18-10-8-14/h2-5,12,14,18H,6-11H2,1H3,(H,19,23). The summed E-state index contributed by atoms with van der Waals surface area (Å²) in [6, 6.07) is 8.14. The molecular formula is C17H23N5O2. The van der Waals surface area contributed by atoms with E-state index in [1.807, 2.05) is 28.9 Å². The van der Waals surface area contributed by atoms with E-state index in [-0.39, 0.29) is 5.91 Å². The maximum Gasteiger partial charge on any atom is 0.273 e. The highest BCUT2D eigenvalue weighted by molar-refractivity contribution is 5.91. The minimum Gasteiger partial charge on any atom is -0.496 e. The Labute approximate surface area is 141 Å². The fraction of sp³-hybridized carbons (Fsp3) is 0.471. The van der Waals surface area contributed by atoms with Crippen molar-refractivity contribution in [2.24, 2.45) is 0 Å². The van der Waals surface area contributed by atoms with E-state index in [0.29, 0.717) is 24.7 Å². The Hall–Kier alpha value is -2.41. The number of amides is 1. The second kappa shape index (κ2) is 7.92. The van der Waals surface area contributed by atoms with E-state index in [1.54, 1.807) is 13.3 Å². The van der Waals surface area contributed by atoms with Crippen molar-refractivity contribution in [1.82, 2.24) is 25.6 Å². The van der Waals surface area contributed by atoms with Crippen molar-refractivity contribution in [3.63, 3.8) is 0 Å². The van der Waals surface area contributed by atoms with Gasteiger partial charge in [-0.2, -0.15) is 0 Å². The lowest BCUT2D eigenvalue weighted by atomic mass is 10.1. The van der Waals surface area contributed by atoms with Gasteiger partial charge >= 0.3 is 0 Å². The van der Waals surface area contributed by atoms with Crippen LogP contribution in [-0.4, -0.2) is 47.6 Å². The van der Waals surface area contributed by atoms with Gasteiger partial charge in [-0.3, -0.25) is 4.79 Å². The average Bonchev–Trinajstić information content (AvgIpc) is 3.13. The summed E-state index contributed by atoms with van der Waals surface area (Å²) in [5, 5.41) is 14.3. The number of carbonyl (C=O) groups is 1. The predicted octanol–water partition coefficient (Wildman–Crippen LogP) is 1.18. The van der Waals surface area contributed by atoms with Crippen LogP contribution in [0.25, 0.3) is 0 Å². The maximum absolute atomic E-state index is 12.2. The number of aromatic nitrogens is 3. The molecule has 1 aromatic carbocycles. The second-order valence-corrected chi connectivity index (χ2v) is 5.88. The van der Waals surface area contributed by atoms with Gasteiger partial charge in [0.05, 0.1) is 19.3 Å². The van der Waals surface area contributed by atoms with Gasteiger partial charge in [-0.1, -0.05) is 23.4 Å². The number of methoxy groups -OCH3 is 1. The molecule has 0 atom stereocenters. The molecule has 0 unspecified atom stereocenters. The van der Waals surface area contributed by atoms with Crippen LogP contribution in [0.5, 0.6) is 5.75 Å². The Morgan fingerprint density at radius 3 is 2.96 bits per heavy atom. The van der Waals surface area contributed by atoms with Gasteiger partial charge in [-0.25, -0.2) is 4.68 Å². The highest BCUT2D eigenvalue weighted by atomic mass is 16.5. The Morgan fingerprint density at radius 1 is 1.38 bits per heavy atom. The average molecular weight is 329 g/mol. The van der Waals surface area contributed by atoms with Crippen molar-refractivity contribution in [1.29, 1.82) is 0 Å². The van der Waals surface area contributed by atoms with E-state index in [4.69, 9.17) is 4.74 Å². The van der Waals surface area contributed by atoms with Crippen LogP contribution in [0, 0.1) is 0 Å². The first-order valence-corrected chi connectivity index (χ1v) is 8.30. The number of ether oxygens (including phenoxy) is 1. The van der Waals surface area contributed by atoms with E-state index in [0.717, 1.165) is 37.2 Å². The normalized spacial score (nSPS) is 15.2. The number of piperidine rings is 1.